The number of fused-ring (bicyclic) bond motifs is 1. The Morgan fingerprint density at radius 1 is 1.07 bits per heavy atom. The molecule has 2 aromatic rings. The number of aliphatic hydroxyl groups excluding tert-OH is 5. The van der Waals surface area contributed by atoms with Crippen LogP contribution in [0.1, 0.15) is 13.2 Å². The average Bonchev–Trinajstić information content (AvgIpc) is 3.47. The third-order valence-electron chi connectivity index (χ3n) is 6.36. The van der Waals surface area contributed by atoms with Gasteiger partial charge in [-0.05, 0) is 6.07 Å². The highest BCUT2D eigenvalue weighted by Crippen LogP contribution is 2.61. The molecule has 242 valence electrons. The van der Waals surface area contributed by atoms with Crippen LogP contribution in [0.15, 0.2) is 18.6 Å². The van der Waals surface area contributed by atoms with Crippen LogP contribution in [0.3, 0.4) is 0 Å². The third kappa shape index (κ3) is 7.55. The first-order valence-corrected chi connectivity index (χ1v) is 15.3. The molecule has 43 heavy (non-hydrogen) atoms. The summed E-state index contributed by atoms with van der Waals surface area (Å²) in [5.41, 5.74) is 6.55. The van der Waals surface area contributed by atoms with Gasteiger partial charge < -0.3 is 55.3 Å². The number of esters is 1. The van der Waals surface area contributed by atoms with Crippen molar-refractivity contribution in [1.82, 2.24) is 14.5 Å². The lowest BCUT2D eigenvalue weighted by molar-refractivity contribution is -0.287. The van der Waals surface area contributed by atoms with Crippen LogP contribution >= 0.6 is 15.6 Å². The van der Waals surface area contributed by atoms with Crippen LogP contribution in [-0.2, 0) is 41.5 Å². The first-order chi connectivity index (χ1) is 20.0. The molecule has 0 saturated carbocycles. The van der Waals surface area contributed by atoms with Crippen molar-refractivity contribution in [2.75, 3.05) is 18.9 Å². The highest BCUT2D eigenvalue weighted by atomic mass is 31.3. The van der Waals surface area contributed by atoms with Gasteiger partial charge in [0.1, 0.15) is 54.9 Å². The van der Waals surface area contributed by atoms with Crippen molar-refractivity contribution in [3.05, 3.63) is 18.6 Å². The fraction of sp³-hybridized carbons (Fsp3) is 0.650. The van der Waals surface area contributed by atoms with Gasteiger partial charge in [0.05, 0.1) is 18.6 Å². The Morgan fingerprint density at radius 3 is 2.44 bits per heavy atom. The fourth-order valence-corrected chi connectivity index (χ4v) is 6.42. The lowest BCUT2D eigenvalue weighted by atomic mass is 9.96. The molecule has 4 heterocycles. The number of aromatic nitrogens is 3. The van der Waals surface area contributed by atoms with E-state index in [2.05, 4.69) is 28.1 Å². The SMILES string of the molecule is CC(=O)OC[C@H](F)C1O[C@@H](OP(=O)(O)OP(=O)(O)OC[C@H]2O[C@@H](n3cnc4c(N)ccnc43)[C@@H](O)C2O)C(O)[C@@H](O)[C@@H]1O. The van der Waals surface area contributed by atoms with Gasteiger partial charge in [-0.3, -0.25) is 18.4 Å². The number of pyridine rings is 1. The van der Waals surface area contributed by atoms with Crippen LogP contribution in [-0.4, -0.2) is 124 Å². The van der Waals surface area contributed by atoms with Crippen molar-refractivity contribution in [1.29, 1.82) is 0 Å². The Bertz CT molecular complexity index is 1400. The van der Waals surface area contributed by atoms with E-state index in [1.165, 1.54) is 23.2 Å². The second kappa shape index (κ2) is 13.0. The molecule has 0 bridgehead atoms. The summed E-state index contributed by atoms with van der Waals surface area (Å²) in [6.45, 7) is -0.995. The predicted molar refractivity (Wildman–Crippen MR) is 134 cm³/mol. The van der Waals surface area contributed by atoms with Gasteiger partial charge in [-0.2, -0.15) is 4.31 Å². The van der Waals surface area contributed by atoms with Gasteiger partial charge in [-0.15, -0.1) is 0 Å². The summed E-state index contributed by atoms with van der Waals surface area (Å²) in [4.78, 5) is 39.1. The number of phosphoric ester groups is 2. The molecular weight excluding hydrogens is 633 g/mol. The second-order valence-electron chi connectivity index (χ2n) is 9.45. The molecule has 23 heteroatoms. The van der Waals surface area contributed by atoms with E-state index in [1.54, 1.807) is 0 Å². The topological polar surface area (TPSA) is 305 Å². The van der Waals surface area contributed by atoms with Crippen molar-refractivity contribution >= 4 is 38.5 Å². The summed E-state index contributed by atoms with van der Waals surface area (Å²) < 4.78 is 68.7. The van der Waals surface area contributed by atoms with Crippen molar-refractivity contribution in [3.8, 4) is 0 Å². The standard InChI is InChI=1S/C20H29FN4O16P2/c1-7(26)36-4-8(21)17-14(29)13(28)16(31)20(39-17)40-43(34,35)41-42(32,33)37-5-10-12(27)15(30)19(38-10)25-6-24-11-9(22)2-3-23-18(11)25/h2-3,6,8,10,12-17,19-20,27-31H,4-5H2,1H3,(H2,22,23)(H,32,33)(H,34,35)/t8-,10+,12?,13-,14-,15-,16?,17?,19+,20-/m0/s1. The smallest absolute Gasteiger partial charge is 0.463 e. The number of hydrogen-bond donors (Lipinski definition) is 8. The van der Waals surface area contributed by atoms with Gasteiger partial charge >= 0.3 is 21.6 Å². The molecule has 2 aliphatic rings. The lowest BCUT2D eigenvalue weighted by Crippen LogP contribution is -2.61. The summed E-state index contributed by atoms with van der Waals surface area (Å²) >= 11 is 0. The van der Waals surface area contributed by atoms with Crippen LogP contribution in [0, 0.1) is 0 Å². The number of carbonyl (C=O) groups is 1. The lowest BCUT2D eigenvalue weighted by Gasteiger charge is -2.41. The highest BCUT2D eigenvalue weighted by molar-refractivity contribution is 7.61. The number of ether oxygens (including phenoxy) is 3. The van der Waals surface area contributed by atoms with E-state index >= 15 is 0 Å². The summed E-state index contributed by atoms with van der Waals surface area (Å²) in [5.74, 6) is -0.897. The molecule has 2 aliphatic heterocycles. The van der Waals surface area contributed by atoms with Gasteiger partial charge in [0.2, 0.25) is 0 Å². The molecule has 0 radical (unpaired) electrons. The molecular formula is C20H29FN4O16P2. The van der Waals surface area contributed by atoms with Crippen molar-refractivity contribution in [2.45, 2.75) is 68.3 Å². The van der Waals surface area contributed by atoms with Gasteiger partial charge in [-0.25, -0.2) is 23.5 Å². The predicted octanol–water partition coefficient (Wildman–Crippen LogP) is -2.41. The van der Waals surface area contributed by atoms with Gasteiger partial charge in [0.25, 0.3) is 0 Å². The van der Waals surface area contributed by atoms with Crippen molar-refractivity contribution < 1.29 is 81.2 Å². The van der Waals surface area contributed by atoms with Crippen molar-refractivity contribution in [3.63, 3.8) is 0 Å². The summed E-state index contributed by atoms with van der Waals surface area (Å²) in [6, 6.07) is 1.48. The molecule has 0 amide bonds. The number of aliphatic hydroxyl groups is 5. The van der Waals surface area contributed by atoms with Crippen LogP contribution in [0.4, 0.5) is 10.1 Å². The number of nitrogen functional groups attached to an aromatic ring is 1. The Morgan fingerprint density at radius 2 is 1.77 bits per heavy atom. The van der Waals surface area contributed by atoms with E-state index in [9.17, 15) is 53.6 Å². The minimum Gasteiger partial charge on any atom is -0.463 e. The normalized spacial score (nSPS) is 34.9. The number of imidazole rings is 1. The number of alkyl halides is 1. The van der Waals surface area contributed by atoms with Crippen LogP contribution in [0.25, 0.3) is 11.2 Å². The van der Waals surface area contributed by atoms with E-state index in [1.807, 2.05) is 0 Å². The minimum atomic E-state index is -5.74. The third-order valence-corrected chi connectivity index (χ3v) is 8.96. The minimum absolute atomic E-state index is 0.185. The molecule has 20 nitrogen and oxygen atoms in total. The Labute approximate surface area is 240 Å². The van der Waals surface area contributed by atoms with Crippen LogP contribution in [0.2, 0.25) is 0 Å². The monoisotopic (exact) mass is 662 g/mol. The van der Waals surface area contributed by atoms with Gasteiger partial charge in [0, 0.05) is 13.1 Å². The number of anilines is 1. The number of nitrogens with two attached hydrogens (primary N) is 1. The number of halogens is 1. The maximum atomic E-state index is 14.5. The highest BCUT2D eigenvalue weighted by Gasteiger charge is 2.51. The number of carbonyl (C=O) groups excluding carboxylic acids is 1. The maximum absolute atomic E-state index is 14.5. The molecule has 0 spiro atoms. The summed E-state index contributed by atoms with van der Waals surface area (Å²) in [7, 11) is -11.3. The van der Waals surface area contributed by atoms with E-state index in [0.717, 1.165) is 6.92 Å². The van der Waals surface area contributed by atoms with E-state index in [0.29, 0.717) is 0 Å². The zero-order chi connectivity index (χ0) is 31.9. The zero-order valence-corrected chi connectivity index (χ0v) is 23.7. The molecule has 0 aliphatic carbocycles. The van der Waals surface area contributed by atoms with Gasteiger partial charge in [-0.1, -0.05) is 0 Å². The first-order valence-electron chi connectivity index (χ1n) is 12.3. The van der Waals surface area contributed by atoms with Crippen molar-refractivity contribution in [2.24, 2.45) is 0 Å². The van der Waals surface area contributed by atoms with Crippen LogP contribution < -0.4 is 5.73 Å². The number of rotatable bonds is 11. The molecule has 2 saturated heterocycles. The molecule has 9 N–H and O–H groups in total. The molecule has 2 fully saturated rings. The molecule has 2 aromatic heterocycles. The van der Waals surface area contributed by atoms with Gasteiger partial charge in [0.15, 0.2) is 24.3 Å². The molecule has 4 rings (SSSR count). The quantitative estimate of drug-likeness (QED) is 0.0918. The van der Waals surface area contributed by atoms with E-state index in [-0.39, 0.29) is 16.9 Å². The largest absolute Gasteiger partial charge is 0.483 e. The average molecular weight is 662 g/mol. The van der Waals surface area contributed by atoms with Crippen LogP contribution in [0.5, 0.6) is 0 Å². The number of hydrogen-bond acceptors (Lipinski definition) is 17. The second-order valence-corrected chi connectivity index (χ2v) is 12.4. The van der Waals surface area contributed by atoms with E-state index < -0.39 is 96.2 Å². The maximum Gasteiger partial charge on any atom is 0.483 e. The first kappa shape index (κ1) is 33.7. The number of nitrogens with zero attached hydrogens (tertiary/aromatic N) is 3. The zero-order valence-electron chi connectivity index (χ0n) is 21.9. The van der Waals surface area contributed by atoms with E-state index in [4.69, 9.17) is 15.2 Å². The summed E-state index contributed by atoms with van der Waals surface area (Å²) in [5, 5.41) is 50.9. The molecule has 5 unspecified atom stereocenters. The fourth-order valence-electron chi connectivity index (χ4n) is 4.26. The molecule has 0 aromatic carbocycles. The molecule has 12 atom stereocenters. The Balaban J connectivity index is 1.37. The Kier molecular flexibility index (Phi) is 10.2. The Hall–Kier alpha value is -2.20. The number of phosphoric acid groups is 2. The summed E-state index contributed by atoms with van der Waals surface area (Å²) in [6.07, 6.45) is -17.0.